The molecule has 0 spiro atoms. The van der Waals surface area contributed by atoms with Gasteiger partial charge in [-0.1, -0.05) is 11.6 Å². The average molecular weight is 311 g/mol. The van der Waals surface area contributed by atoms with E-state index in [2.05, 4.69) is 54.6 Å². The van der Waals surface area contributed by atoms with Crippen LogP contribution in [0.1, 0.15) is 27.3 Å². The van der Waals surface area contributed by atoms with Crippen LogP contribution in [0.25, 0.3) is 5.69 Å². The van der Waals surface area contributed by atoms with Crippen LogP contribution in [0.15, 0.2) is 30.3 Å². The molecule has 3 rings (SSSR count). The van der Waals surface area contributed by atoms with Crippen LogP contribution in [0.2, 0.25) is 0 Å². The number of likely N-dealkylation sites (N-methyl/N-ethyl adjacent to an activating group) is 1. The van der Waals surface area contributed by atoms with Crippen molar-refractivity contribution >= 4 is 5.91 Å². The number of benzene rings is 1. The Hall–Kier alpha value is -2.07. The summed E-state index contributed by atoms with van der Waals surface area (Å²) >= 11 is 0. The van der Waals surface area contributed by atoms with Gasteiger partial charge in [0.1, 0.15) is 0 Å². The van der Waals surface area contributed by atoms with Crippen LogP contribution < -0.4 is 0 Å². The normalized spacial score (nSPS) is 15.9. The summed E-state index contributed by atoms with van der Waals surface area (Å²) in [5.41, 5.74) is 5.21. The summed E-state index contributed by atoms with van der Waals surface area (Å²) < 4.78 is 2.17. The summed E-state index contributed by atoms with van der Waals surface area (Å²) in [6.45, 7) is 9.68. The van der Waals surface area contributed by atoms with Crippen molar-refractivity contribution in [1.29, 1.82) is 0 Å². The third-order valence-corrected chi connectivity index (χ3v) is 4.69. The van der Waals surface area contributed by atoms with Gasteiger partial charge in [-0.15, -0.1) is 0 Å². The van der Waals surface area contributed by atoms with Gasteiger partial charge in [0.05, 0.1) is 11.3 Å². The summed E-state index contributed by atoms with van der Waals surface area (Å²) in [5, 5.41) is 0. The fourth-order valence-corrected chi connectivity index (χ4v) is 3.24. The molecule has 0 saturated carbocycles. The molecule has 0 N–H and O–H groups in total. The molecule has 1 aliphatic rings. The third kappa shape index (κ3) is 3.04. The third-order valence-electron chi connectivity index (χ3n) is 4.69. The van der Waals surface area contributed by atoms with E-state index < -0.39 is 0 Å². The van der Waals surface area contributed by atoms with Crippen LogP contribution in [-0.2, 0) is 0 Å². The van der Waals surface area contributed by atoms with Gasteiger partial charge in [0.25, 0.3) is 5.91 Å². The fraction of sp³-hybridized carbons (Fsp3) is 0.421. The van der Waals surface area contributed by atoms with Crippen molar-refractivity contribution in [3.8, 4) is 5.69 Å². The first kappa shape index (κ1) is 15.8. The molecule has 1 saturated heterocycles. The maximum absolute atomic E-state index is 13.1. The van der Waals surface area contributed by atoms with Gasteiger partial charge >= 0.3 is 0 Å². The van der Waals surface area contributed by atoms with Gasteiger partial charge in [-0.25, -0.2) is 0 Å². The van der Waals surface area contributed by atoms with E-state index in [1.54, 1.807) is 0 Å². The van der Waals surface area contributed by atoms with Gasteiger partial charge in [0.2, 0.25) is 0 Å². The lowest BCUT2D eigenvalue weighted by Gasteiger charge is -2.33. The van der Waals surface area contributed by atoms with Crippen molar-refractivity contribution in [2.45, 2.75) is 20.8 Å². The van der Waals surface area contributed by atoms with Gasteiger partial charge in [-0.05, 0) is 52.1 Å². The summed E-state index contributed by atoms with van der Waals surface area (Å²) in [5.74, 6) is 0.143. The minimum atomic E-state index is 0.143. The lowest BCUT2D eigenvalue weighted by molar-refractivity contribution is 0.0664. The Kier molecular flexibility index (Phi) is 4.26. The predicted molar refractivity (Wildman–Crippen MR) is 93.4 cm³/mol. The van der Waals surface area contributed by atoms with E-state index in [-0.39, 0.29) is 5.91 Å². The summed E-state index contributed by atoms with van der Waals surface area (Å²) in [6.07, 6.45) is 0. The summed E-state index contributed by atoms with van der Waals surface area (Å²) in [6, 6.07) is 10.4. The average Bonchev–Trinajstić information content (AvgIpc) is 2.86. The zero-order valence-electron chi connectivity index (χ0n) is 14.5. The first-order valence-corrected chi connectivity index (χ1v) is 8.21. The minimum Gasteiger partial charge on any atom is -0.336 e. The zero-order chi connectivity index (χ0) is 16.6. The standard InChI is InChI=1S/C19H25N3O/c1-14-5-8-18(22-15(2)6-7-16(22)3)17(13-14)19(23)21-11-9-20(4)10-12-21/h5-8,13H,9-12H2,1-4H3. The number of carbonyl (C=O) groups is 1. The highest BCUT2D eigenvalue weighted by atomic mass is 16.2. The van der Waals surface area contributed by atoms with Gasteiger partial charge in [-0.3, -0.25) is 4.79 Å². The molecule has 0 unspecified atom stereocenters. The predicted octanol–water partition coefficient (Wildman–Crippen LogP) is 2.79. The Morgan fingerprint density at radius 2 is 1.52 bits per heavy atom. The van der Waals surface area contributed by atoms with Gasteiger partial charge < -0.3 is 14.4 Å². The molecule has 1 aliphatic heterocycles. The maximum atomic E-state index is 13.1. The molecule has 1 aromatic carbocycles. The molecule has 2 aromatic rings. The Balaban J connectivity index is 2.02. The highest BCUT2D eigenvalue weighted by molar-refractivity contribution is 5.98. The number of aryl methyl sites for hydroxylation is 3. The number of carbonyl (C=O) groups excluding carboxylic acids is 1. The molecule has 0 radical (unpaired) electrons. The van der Waals surface area contributed by atoms with Crippen molar-refractivity contribution in [3.63, 3.8) is 0 Å². The molecule has 1 fully saturated rings. The Morgan fingerprint density at radius 3 is 2.13 bits per heavy atom. The highest BCUT2D eigenvalue weighted by Gasteiger charge is 2.23. The second-order valence-corrected chi connectivity index (χ2v) is 6.57. The molecule has 4 heteroatoms. The number of hydrogen-bond acceptors (Lipinski definition) is 2. The first-order chi connectivity index (χ1) is 11.0. The van der Waals surface area contributed by atoms with Crippen LogP contribution >= 0.6 is 0 Å². The van der Waals surface area contributed by atoms with E-state index in [4.69, 9.17) is 0 Å². The number of amides is 1. The van der Waals surface area contributed by atoms with Gasteiger partial charge in [0, 0.05) is 37.6 Å². The lowest BCUT2D eigenvalue weighted by atomic mass is 10.1. The van der Waals surface area contributed by atoms with Gasteiger partial charge in [-0.2, -0.15) is 0 Å². The van der Waals surface area contributed by atoms with Crippen LogP contribution in [0.3, 0.4) is 0 Å². The number of piperazine rings is 1. The minimum absolute atomic E-state index is 0.143. The van der Waals surface area contributed by atoms with E-state index in [9.17, 15) is 4.79 Å². The summed E-state index contributed by atoms with van der Waals surface area (Å²) in [7, 11) is 2.10. The topological polar surface area (TPSA) is 28.5 Å². The molecule has 1 aromatic heterocycles. The number of hydrogen-bond donors (Lipinski definition) is 0. The van der Waals surface area contributed by atoms with Crippen molar-refractivity contribution in [1.82, 2.24) is 14.4 Å². The number of rotatable bonds is 2. The largest absolute Gasteiger partial charge is 0.336 e. The van der Waals surface area contributed by atoms with E-state index in [1.807, 2.05) is 17.9 Å². The van der Waals surface area contributed by atoms with Crippen LogP contribution in [-0.4, -0.2) is 53.5 Å². The molecule has 0 atom stereocenters. The molecular formula is C19H25N3O. The van der Waals surface area contributed by atoms with Gasteiger partial charge in [0.15, 0.2) is 0 Å². The molecule has 2 heterocycles. The Bertz CT molecular complexity index is 705. The molecule has 0 aliphatic carbocycles. The van der Waals surface area contributed by atoms with Crippen molar-refractivity contribution < 1.29 is 4.79 Å². The molecule has 4 nitrogen and oxygen atoms in total. The number of aromatic nitrogens is 1. The smallest absolute Gasteiger partial charge is 0.256 e. The lowest BCUT2D eigenvalue weighted by Crippen LogP contribution is -2.47. The van der Waals surface area contributed by atoms with Crippen molar-refractivity contribution in [2.75, 3.05) is 33.2 Å². The van der Waals surface area contributed by atoms with Crippen LogP contribution in [0.4, 0.5) is 0 Å². The highest BCUT2D eigenvalue weighted by Crippen LogP contribution is 2.23. The first-order valence-electron chi connectivity index (χ1n) is 8.21. The quantitative estimate of drug-likeness (QED) is 0.853. The second kappa shape index (κ2) is 6.20. The SMILES string of the molecule is Cc1ccc(-n2c(C)ccc2C)c(C(=O)N2CCN(C)CC2)c1. The van der Waals surface area contributed by atoms with E-state index >= 15 is 0 Å². The van der Waals surface area contributed by atoms with Crippen molar-refractivity contribution in [2.24, 2.45) is 0 Å². The van der Waals surface area contributed by atoms with E-state index in [0.29, 0.717) is 0 Å². The maximum Gasteiger partial charge on any atom is 0.256 e. The molecular weight excluding hydrogens is 286 g/mol. The second-order valence-electron chi connectivity index (χ2n) is 6.57. The fourth-order valence-electron chi connectivity index (χ4n) is 3.24. The monoisotopic (exact) mass is 311 g/mol. The van der Waals surface area contributed by atoms with Crippen LogP contribution in [0, 0.1) is 20.8 Å². The molecule has 23 heavy (non-hydrogen) atoms. The Labute approximate surface area is 138 Å². The van der Waals surface area contributed by atoms with E-state index in [1.165, 1.54) is 0 Å². The zero-order valence-corrected chi connectivity index (χ0v) is 14.5. The number of nitrogens with zero attached hydrogens (tertiary/aromatic N) is 3. The molecule has 1 amide bonds. The van der Waals surface area contributed by atoms with Crippen LogP contribution in [0.5, 0.6) is 0 Å². The Morgan fingerprint density at radius 1 is 0.913 bits per heavy atom. The van der Waals surface area contributed by atoms with Crippen molar-refractivity contribution in [3.05, 3.63) is 52.8 Å². The molecule has 122 valence electrons. The van der Waals surface area contributed by atoms with E-state index in [0.717, 1.165) is 54.4 Å². The molecule has 0 bridgehead atoms. The summed E-state index contributed by atoms with van der Waals surface area (Å²) in [4.78, 5) is 17.3.